The number of hydrazine groups is 1. The molecule has 0 radical (unpaired) electrons. The van der Waals surface area contributed by atoms with E-state index < -0.39 is 17.7 Å². The topological polar surface area (TPSA) is 140 Å². The van der Waals surface area contributed by atoms with E-state index >= 15 is 0 Å². The zero-order valence-electron chi connectivity index (χ0n) is 19.1. The van der Waals surface area contributed by atoms with Crippen molar-refractivity contribution in [2.75, 3.05) is 13.2 Å². The third-order valence-electron chi connectivity index (χ3n) is 4.90. The maximum absolute atomic E-state index is 12.3. The fourth-order valence-electron chi connectivity index (χ4n) is 3.08. The zero-order valence-corrected chi connectivity index (χ0v) is 19.1. The first-order chi connectivity index (χ1) is 17.6. The van der Waals surface area contributed by atoms with Gasteiger partial charge in [0.25, 0.3) is 17.7 Å². The summed E-state index contributed by atoms with van der Waals surface area (Å²) in [4.78, 5) is 37.5. The third-order valence-corrected chi connectivity index (χ3v) is 4.90. The van der Waals surface area contributed by atoms with Crippen LogP contribution >= 0.6 is 0 Å². The summed E-state index contributed by atoms with van der Waals surface area (Å²) in [6.45, 7) is -0.161. The van der Waals surface area contributed by atoms with E-state index in [-0.39, 0.29) is 13.2 Å². The molecule has 0 saturated heterocycles. The van der Waals surface area contributed by atoms with Crippen molar-refractivity contribution in [3.8, 4) is 17.1 Å². The molecule has 0 aliphatic rings. The fourth-order valence-corrected chi connectivity index (χ4v) is 3.08. The maximum atomic E-state index is 12.3. The second-order valence-electron chi connectivity index (χ2n) is 7.59. The number of carbonyl (C=O) groups excluding carboxylic acids is 3. The fraction of sp³-hybridized carbons (Fsp3) is 0.120. The molecular weight excluding hydrogens is 462 g/mol. The van der Waals surface area contributed by atoms with Crippen LogP contribution in [0.1, 0.15) is 15.9 Å². The summed E-state index contributed by atoms with van der Waals surface area (Å²) < 4.78 is 5.30. The number of nitrogens with one attached hydrogen (secondary N) is 3. The van der Waals surface area contributed by atoms with Crippen LogP contribution in [0.4, 0.5) is 0 Å². The van der Waals surface area contributed by atoms with Gasteiger partial charge in [-0.2, -0.15) is 4.80 Å². The van der Waals surface area contributed by atoms with Crippen LogP contribution in [0.2, 0.25) is 0 Å². The van der Waals surface area contributed by atoms with E-state index in [0.29, 0.717) is 23.7 Å². The summed E-state index contributed by atoms with van der Waals surface area (Å²) in [5, 5.41) is 14.9. The summed E-state index contributed by atoms with van der Waals surface area (Å²) in [5.74, 6) is -0.473. The zero-order chi connectivity index (χ0) is 25.2. The molecule has 4 rings (SSSR count). The number of carbonyl (C=O) groups is 3. The van der Waals surface area contributed by atoms with Gasteiger partial charge in [-0.15, -0.1) is 10.2 Å². The van der Waals surface area contributed by atoms with Gasteiger partial charge in [-0.1, -0.05) is 60.7 Å². The van der Waals surface area contributed by atoms with Gasteiger partial charge >= 0.3 is 0 Å². The molecule has 11 heteroatoms. The van der Waals surface area contributed by atoms with Crippen molar-refractivity contribution in [1.29, 1.82) is 0 Å². The summed E-state index contributed by atoms with van der Waals surface area (Å²) in [6, 6.07) is 25.1. The Hall–Kier alpha value is -5.06. The molecule has 36 heavy (non-hydrogen) atoms. The molecule has 3 N–H and O–H groups in total. The highest BCUT2D eigenvalue weighted by molar-refractivity contribution is 5.95. The molecule has 3 amide bonds. The van der Waals surface area contributed by atoms with Crippen molar-refractivity contribution in [3.63, 3.8) is 0 Å². The van der Waals surface area contributed by atoms with Crippen LogP contribution in [0.15, 0.2) is 84.9 Å². The Bertz CT molecular complexity index is 1310. The Morgan fingerprint density at radius 1 is 0.806 bits per heavy atom. The number of benzene rings is 3. The Morgan fingerprint density at radius 3 is 2.22 bits per heavy atom. The third kappa shape index (κ3) is 6.97. The summed E-state index contributed by atoms with van der Waals surface area (Å²) in [7, 11) is 0. The second-order valence-corrected chi connectivity index (χ2v) is 7.59. The van der Waals surface area contributed by atoms with E-state index in [4.69, 9.17) is 4.74 Å². The van der Waals surface area contributed by atoms with Crippen LogP contribution in [-0.2, 0) is 16.1 Å². The Labute approximate surface area is 206 Å². The number of aromatic nitrogens is 4. The van der Waals surface area contributed by atoms with Gasteiger partial charge < -0.3 is 10.1 Å². The van der Waals surface area contributed by atoms with Crippen molar-refractivity contribution >= 4 is 17.7 Å². The van der Waals surface area contributed by atoms with Crippen LogP contribution < -0.4 is 20.9 Å². The molecule has 0 aliphatic carbocycles. The lowest BCUT2D eigenvalue weighted by Crippen LogP contribution is -2.46. The van der Waals surface area contributed by atoms with E-state index in [1.807, 2.05) is 36.4 Å². The molecule has 0 bridgehead atoms. The van der Waals surface area contributed by atoms with E-state index in [0.717, 1.165) is 11.1 Å². The Morgan fingerprint density at radius 2 is 1.50 bits per heavy atom. The van der Waals surface area contributed by atoms with E-state index in [2.05, 4.69) is 31.6 Å². The molecule has 0 fully saturated rings. The maximum Gasteiger partial charge on any atom is 0.269 e. The molecule has 4 aromatic rings. The SMILES string of the molecule is O=C(COc1ccccc1)NCC(=O)NNC(=O)c1ccc(Cn2nnc(-c3ccccc3)n2)cc1. The molecule has 182 valence electrons. The number of ether oxygens (including phenoxy) is 1. The van der Waals surface area contributed by atoms with Gasteiger partial charge in [0.1, 0.15) is 5.75 Å². The lowest BCUT2D eigenvalue weighted by molar-refractivity contribution is -0.127. The van der Waals surface area contributed by atoms with Crippen LogP contribution in [0.3, 0.4) is 0 Å². The molecule has 0 spiro atoms. The van der Waals surface area contributed by atoms with Gasteiger partial charge in [-0.25, -0.2) is 0 Å². The van der Waals surface area contributed by atoms with Crippen molar-refractivity contribution in [2.45, 2.75) is 6.54 Å². The smallest absolute Gasteiger partial charge is 0.269 e. The molecule has 0 unspecified atom stereocenters. The quantitative estimate of drug-likeness (QED) is 0.304. The lowest BCUT2D eigenvalue weighted by atomic mass is 10.1. The highest BCUT2D eigenvalue weighted by Gasteiger charge is 2.10. The van der Waals surface area contributed by atoms with Gasteiger partial charge in [-0.3, -0.25) is 25.2 Å². The van der Waals surface area contributed by atoms with Crippen LogP contribution in [0, 0.1) is 0 Å². The lowest BCUT2D eigenvalue weighted by Gasteiger charge is -2.09. The number of nitrogens with zero attached hydrogens (tertiary/aromatic N) is 4. The molecule has 0 saturated carbocycles. The number of hydrogen-bond acceptors (Lipinski definition) is 7. The van der Waals surface area contributed by atoms with Gasteiger partial charge in [0, 0.05) is 11.1 Å². The van der Waals surface area contributed by atoms with Crippen molar-refractivity contribution < 1.29 is 19.1 Å². The average Bonchev–Trinajstić information content (AvgIpc) is 3.39. The molecular formula is C25H23N7O4. The number of rotatable bonds is 9. The average molecular weight is 486 g/mol. The molecule has 11 nitrogen and oxygen atoms in total. The van der Waals surface area contributed by atoms with Crippen molar-refractivity contribution in [2.24, 2.45) is 0 Å². The first-order valence-corrected chi connectivity index (χ1v) is 11.0. The predicted molar refractivity (Wildman–Crippen MR) is 129 cm³/mol. The largest absolute Gasteiger partial charge is 0.484 e. The van der Waals surface area contributed by atoms with Gasteiger partial charge in [0.05, 0.1) is 13.1 Å². The summed E-state index contributed by atoms with van der Waals surface area (Å²) in [5.41, 5.74) is 6.65. The van der Waals surface area contributed by atoms with E-state index in [9.17, 15) is 14.4 Å². The normalized spacial score (nSPS) is 10.3. The number of para-hydroxylation sites is 1. The highest BCUT2D eigenvalue weighted by Crippen LogP contribution is 2.13. The van der Waals surface area contributed by atoms with Crippen LogP contribution in [-0.4, -0.2) is 51.1 Å². The molecule has 1 heterocycles. The van der Waals surface area contributed by atoms with Crippen LogP contribution in [0.25, 0.3) is 11.4 Å². The second kappa shape index (κ2) is 11.9. The van der Waals surface area contributed by atoms with Crippen molar-refractivity contribution in [3.05, 3.63) is 96.1 Å². The van der Waals surface area contributed by atoms with Gasteiger partial charge in [0.15, 0.2) is 6.61 Å². The first-order valence-electron chi connectivity index (χ1n) is 11.0. The minimum atomic E-state index is -0.584. The van der Waals surface area contributed by atoms with E-state index in [1.165, 1.54) is 4.80 Å². The first kappa shape index (κ1) is 24.1. The molecule has 0 aliphatic heterocycles. The Balaban J connectivity index is 1.18. The molecule has 3 aromatic carbocycles. The number of tetrazole rings is 1. The molecule has 1 aromatic heterocycles. The monoisotopic (exact) mass is 485 g/mol. The van der Waals surface area contributed by atoms with Crippen LogP contribution in [0.5, 0.6) is 5.75 Å². The standard InChI is InChI=1S/C25H23N7O4/c33-22(15-26-23(34)17-36-21-9-5-2-6-10-21)27-29-25(35)20-13-11-18(12-14-20)16-32-30-24(28-31-32)19-7-3-1-4-8-19/h1-14H,15-17H2,(H,26,34)(H,27,33)(H,29,35). The minimum Gasteiger partial charge on any atom is -0.484 e. The molecule has 0 atom stereocenters. The number of hydrogen-bond donors (Lipinski definition) is 3. The van der Waals surface area contributed by atoms with Gasteiger partial charge in [-0.05, 0) is 35.0 Å². The summed E-state index contributed by atoms with van der Waals surface area (Å²) in [6.07, 6.45) is 0. The Kier molecular flexibility index (Phi) is 7.95. The highest BCUT2D eigenvalue weighted by atomic mass is 16.5. The number of amides is 3. The minimum absolute atomic E-state index is 0.228. The van der Waals surface area contributed by atoms with Gasteiger partial charge in [0.2, 0.25) is 5.82 Å². The summed E-state index contributed by atoms with van der Waals surface area (Å²) >= 11 is 0. The predicted octanol–water partition coefficient (Wildman–Crippen LogP) is 1.34. The van der Waals surface area contributed by atoms with Crippen molar-refractivity contribution in [1.82, 2.24) is 36.4 Å². The van der Waals surface area contributed by atoms with E-state index in [1.54, 1.807) is 48.5 Å².